The molecule has 1 aromatic heterocycles. The molecule has 0 unspecified atom stereocenters. The Balaban J connectivity index is 1.44. The van der Waals surface area contributed by atoms with Gasteiger partial charge in [-0.1, -0.05) is 28.9 Å². The molecule has 1 aliphatic heterocycles. The Morgan fingerprint density at radius 3 is 2.58 bits per heavy atom. The Bertz CT molecular complexity index is 695. The molecule has 0 radical (unpaired) electrons. The smallest absolute Gasteiger partial charge is 0.238 e. The Morgan fingerprint density at radius 1 is 1.21 bits per heavy atom. The molecule has 1 fully saturated rings. The number of hydrogen-bond acceptors (Lipinski definition) is 5. The first-order chi connectivity index (χ1) is 11.6. The second-order valence-electron chi connectivity index (χ2n) is 5.93. The molecule has 7 nitrogen and oxygen atoms in total. The van der Waals surface area contributed by atoms with Crippen molar-refractivity contribution in [2.75, 3.05) is 38.0 Å². The number of nitrogens with zero attached hydrogens (tertiary/aromatic N) is 5. The van der Waals surface area contributed by atoms with Crippen LogP contribution in [0.2, 0.25) is 5.02 Å². The largest absolute Gasteiger partial charge is 0.324 e. The van der Waals surface area contributed by atoms with E-state index in [4.69, 9.17) is 11.6 Å². The molecule has 2 heterocycles. The van der Waals surface area contributed by atoms with Crippen LogP contribution in [0.5, 0.6) is 0 Å². The minimum absolute atomic E-state index is 0.0348. The summed E-state index contributed by atoms with van der Waals surface area (Å²) in [6, 6.07) is 7.27. The third-order valence-electron chi connectivity index (χ3n) is 4.17. The molecule has 1 amide bonds. The highest BCUT2D eigenvalue weighted by atomic mass is 35.5. The fraction of sp³-hybridized carbons (Fsp3) is 0.438. The van der Waals surface area contributed by atoms with Gasteiger partial charge in [-0.3, -0.25) is 19.3 Å². The van der Waals surface area contributed by atoms with Crippen molar-refractivity contribution in [1.29, 1.82) is 0 Å². The molecule has 0 saturated carbocycles. The maximum absolute atomic E-state index is 12.2. The van der Waals surface area contributed by atoms with E-state index < -0.39 is 0 Å². The minimum Gasteiger partial charge on any atom is -0.324 e. The number of anilines is 1. The molecule has 1 N–H and O–H groups in total. The number of rotatable bonds is 5. The zero-order valence-corrected chi connectivity index (χ0v) is 14.4. The first-order valence-electron chi connectivity index (χ1n) is 7.94. The van der Waals surface area contributed by atoms with E-state index in [9.17, 15) is 4.79 Å². The van der Waals surface area contributed by atoms with Crippen molar-refractivity contribution in [2.45, 2.75) is 6.54 Å². The lowest BCUT2D eigenvalue weighted by molar-refractivity contribution is -0.117. The molecule has 0 bridgehead atoms. The monoisotopic (exact) mass is 348 g/mol. The van der Waals surface area contributed by atoms with Crippen LogP contribution >= 0.6 is 11.6 Å². The summed E-state index contributed by atoms with van der Waals surface area (Å²) in [6.45, 7) is 4.78. The number of aromatic nitrogens is 3. The van der Waals surface area contributed by atoms with Crippen molar-refractivity contribution in [2.24, 2.45) is 7.05 Å². The zero-order valence-electron chi connectivity index (χ0n) is 13.7. The Morgan fingerprint density at radius 2 is 1.92 bits per heavy atom. The van der Waals surface area contributed by atoms with Crippen LogP contribution in [0.1, 0.15) is 5.69 Å². The summed E-state index contributed by atoms with van der Waals surface area (Å²) in [4.78, 5) is 16.7. The van der Waals surface area contributed by atoms with Gasteiger partial charge in [0.2, 0.25) is 5.91 Å². The molecular formula is C16H21ClN6O. The topological polar surface area (TPSA) is 66.3 Å². The number of hydrogen-bond donors (Lipinski definition) is 1. The highest BCUT2D eigenvalue weighted by Crippen LogP contribution is 2.20. The first kappa shape index (κ1) is 16.9. The number of carbonyl (C=O) groups excluding carboxylic acids is 1. The molecule has 8 heteroatoms. The van der Waals surface area contributed by atoms with Crippen LogP contribution in [0, 0.1) is 0 Å². The summed E-state index contributed by atoms with van der Waals surface area (Å²) in [7, 11) is 1.90. The van der Waals surface area contributed by atoms with Crippen LogP contribution in [0.4, 0.5) is 5.69 Å². The van der Waals surface area contributed by atoms with E-state index >= 15 is 0 Å². The van der Waals surface area contributed by atoms with Crippen LogP contribution in [0.3, 0.4) is 0 Å². The fourth-order valence-corrected chi connectivity index (χ4v) is 2.93. The molecule has 24 heavy (non-hydrogen) atoms. The summed E-state index contributed by atoms with van der Waals surface area (Å²) >= 11 is 6.06. The van der Waals surface area contributed by atoms with Gasteiger partial charge in [0.15, 0.2) is 0 Å². The highest BCUT2D eigenvalue weighted by Gasteiger charge is 2.20. The third kappa shape index (κ3) is 4.31. The predicted octanol–water partition coefficient (Wildman–Crippen LogP) is 1.22. The van der Waals surface area contributed by atoms with E-state index in [1.165, 1.54) is 0 Å². The number of halogens is 1. The molecule has 1 aliphatic rings. The third-order valence-corrected chi connectivity index (χ3v) is 4.50. The summed E-state index contributed by atoms with van der Waals surface area (Å²) in [5.41, 5.74) is 1.76. The Hall–Kier alpha value is -1.96. The maximum Gasteiger partial charge on any atom is 0.238 e. The number of benzene rings is 1. The van der Waals surface area contributed by atoms with Gasteiger partial charge in [-0.2, -0.15) is 0 Å². The minimum atomic E-state index is -0.0348. The zero-order chi connectivity index (χ0) is 16.9. The van der Waals surface area contributed by atoms with E-state index in [0.29, 0.717) is 17.3 Å². The van der Waals surface area contributed by atoms with Crippen molar-refractivity contribution in [3.05, 3.63) is 41.2 Å². The van der Waals surface area contributed by atoms with E-state index in [1.807, 2.05) is 19.2 Å². The van der Waals surface area contributed by atoms with Gasteiger partial charge < -0.3 is 5.32 Å². The molecule has 128 valence electrons. The number of nitrogens with one attached hydrogen (secondary N) is 1. The van der Waals surface area contributed by atoms with Gasteiger partial charge in [-0.05, 0) is 12.1 Å². The van der Waals surface area contributed by atoms with Crippen LogP contribution in [0.15, 0.2) is 30.5 Å². The van der Waals surface area contributed by atoms with Crippen molar-refractivity contribution < 1.29 is 4.79 Å². The van der Waals surface area contributed by atoms with Gasteiger partial charge in [0, 0.05) is 39.8 Å². The number of amides is 1. The van der Waals surface area contributed by atoms with Crippen molar-refractivity contribution >= 4 is 23.2 Å². The normalized spacial score (nSPS) is 16.2. The number of aryl methyl sites for hydroxylation is 1. The van der Waals surface area contributed by atoms with Gasteiger partial charge >= 0.3 is 0 Å². The Labute approximate surface area is 146 Å². The average molecular weight is 349 g/mol. The summed E-state index contributed by atoms with van der Waals surface area (Å²) in [6.07, 6.45) is 1.80. The predicted molar refractivity (Wildman–Crippen MR) is 92.8 cm³/mol. The van der Waals surface area contributed by atoms with Crippen molar-refractivity contribution in [1.82, 2.24) is 24.8 Å². The molecule has 3 rings (SSSR count). The van der Waals surface area contributed by atoms with Crippen LogP contribution in [-0.4, -0.2) is 63.4 Å². The van der Waals surface area contributed by atoms with Gasteiger partial charge in [0.25, 0.3) is 0 Å². The van der Waals surface area contributed by atoms with E-state index in [-0.39, 0.29) is 5.91 Å². The second-order valence-corrected chi connectivity index (χ2v) is 6.34. The highest BCUT2D eigenvalue weighted by molar-refractivity contribution is 6.33. The van der Waals surface area contributed by atoms with Gasteiger partial charge in [0.1, 0.15) is 0 Å². The molecule has 0 aliphatic carbocycles. The van der Waals surface area contributed by atoms with Crippen LogP contribution in [0.25, 0.3) is 0 Å². The van der Waals surface area contributed by atoms with Crippen LogP contribution < -0.4 is 5.32 Å². The number of piperazine rings is 1. The molecule has 1 saturated heterocycles. The lowest BCUT2D eigenvalue weighted by Crippen LogP contribution is -2.48. The summed E-state index contributed by atoms with van der Waals surface area (Å²) in [5, 5.41) is 11.3. The van der Waals surface area contributed by atoms with Gasteiger partial charge in [-0.15, -0.1) is 5.10 Å². The van der Waals surface area contributed by atoms with E-state index in [0.717, 1.165) is 38.4 Å². The van der Waals surface area contributed by atoms with E-state index in [2.05, 4.69) is 25.4 Å². The maximum atomic E-state index is 12.2. The lowest BCUT2D eigenvalue weighted by atomic mass is 10.2. The summed E-state index contributed by atoms with van der Waals surface area (Å²) in [5.74, 6) is -0.0348. The standard InChI is InChI=1S/C16H21ClN6O/c1-21-13(10-18-20-21)11-22-6-8-23(9-7-22)12-16(24)19-15-5-3-2-4-14(15)17/h2-5,10H,6-9,11-12H2,1H3,(H,19,24). The molecule has 0 spiro atoms. The molecular weight excluding hydrogens is 328 g/mol. The van der Waals surface area contributed by atoms with Crippen LogP contribution in [-0.2, 0) is 18.4 Å². The average Bonchev–Trinajstić information content (AvgIpc) is 2.96. The number of carbonyl (C=O) groups is 1. The first-order valence-corrected chi connectivity index (χ1v) is 8.32. The van der Waals surface area contributed by atoms with Gasteiger partial charge in [-0.25, -0.2) is 0 Å². The molecule has 0 atom stereocenters. The van der Waals surface area contributed by atoms with Crippen molar-refractivity contribution in [3.8, 4) is 0 Å². The summed E-state index contributed by atoms with van der Waals surface area (Å²) < 4.78 is 1.80. The van der Waals surface area contributed by atoms with E-state index in [1.54, 1.807) is 23.0 Å². The second kappa shape index (κ2) is 7.74. The quantitative estimate of drug-likeness (QED) is 0.880. The molecule has 1 aromatic carbocycles. The van der Waals surface area contributed by atoms with Crippen molar-refractivity contribution in [3.63, 3.8) is 0 Å². The number of para-hydroxylation sites is 1. The Kier molecular flexibility index (Phi) is 5.44. The SMILES string of the molecule is Cn1nncc1CN1CCN(CC(=O)Nc2ccccc2Cl)CC1. The fourth-order valence-electron chi connectivity index (χ4n) is 2.74. The van der Waals surface area contributed by atoms with Gasteiger partial charge in [0.05, 0.1) is 29.1 Å². The lowest BCUT2D eigenvalue weighted by Gasteiger charge is -2.34. The molecule has 2 aromatic rings.